The lowest BCUT2D eigenvalue weighted by Gasteiger charge is -2.21. The molecule has 3 aromatic rings. The summed E-state index contributed by atoms with van der Waals surface area (Å²) in [7, 11) is 3.26. The van der Waals surface area contributed by atoms with Crippen LogP contribution in [0.1, 0.15) is 27.0 Å². The lowest BCUT2D eigenvalue weighted by molar-refractivity contribution is -0.138. The highest BCUT2D eigenvalue weighted by Gasteiger charge is 2.29. The van der Waals surface area contributed by atoms with Crippen molar-refractivity contribution in [3.05, 3.63) is 70.9 Å². The maximum absolute atomic E-state index is 12.8. The number of aryl methyl sites for hydroxylation is 1. The lowest BCUT2D eigenvalue weighted by Crippen LogP contribution is -2.31. The fraction of sp³-hybridized carbons (Fsp3) is 0.200. The molecule has 0 aliphatic carbocycles. The van der Waals surface area contributed by atoms with Crippen LogP contribution in [-0.2, 0) is 9.53 Å². The molecule has 6 nitrogen and oxygen atoms in total. The summed E-state index contributed by atoms with van der Waals surface area (Å²) in [6, 6.07) is 14.5. The predicted molar refractivity (Wildman–Crippen MR) is 103 cm³/mol. The smallest absolute Gasteiger partial charge is 0.351 e. The van der Waals surface area contributed by atoms with Crippen molar-refractivity contribution in [1.29, 1.82) is 0 Å². The molecule has 0 unspecified atom stereocenters. The van der Waals surface area contributed by atoms with Crippen molar-refractivity contribution in [3.8, 4) is 10.7 Å². The first kappa shape index (κ1) is 18.7. The number of amides is 1. The molecular weight excluding hydrogens is 362 g/mol. The minimum absolute atomic E-state index is 0.304. The lowest BCUT2D eigenvalue weighted by atomic mass is 10.1. The second-order valence-corrected chi connectivity index (χ2v) is 7.08. The maximum Gasteiger partial charge on any atom is 0.351 e. The van der Waals surface area contributed by atoms with Crippen molar-refractivity contribution in [1.82, 2.24) is 14.9 Å². The van der Waals surface area contributed by atoms with E-state index in [0.717, 1.165) is 0 Å². The molecule has 0 aliphatic heterocycles. The molecule has 1 atom stereocenters. The van der Waals surface area contributed by atoms with Crippen molar-refractivity contribution < 1.29 is 14.3 Å². The van der Waals surface area contributed by atoms with Crippen LogP contribution in [0.2, 0.25) is 0 Å². The van der Waals surface area contributed by atoms with Gasteiger partial charge in [0.25, 0.3) is 5.91 Å². The molecule has 27 heavy (non-hydrogen) atoms. The summed E-state index contributed by atoms with van der Waals surface area (Å²) in [6.07, 6.45) is 0.666. The van der Waals surface area contributed by atoms with E-state index < -0.39 is 12.1 Å². The zero-order chi connectivity index (χ0) is 19.4. The van der Waals surface area contributed by atoms with Crippen molar-refractivity contribution in [2.75, 3.05) is 14.1 Å². The Morgan fingerprint density at radius 3 is 2.41 bits per heavy atom. The summed E-state index contributed by atoms with van der Waals surface area (Å²) < 4.78 is 5.60. The van der Waals surface area contributed by atoms with E-state index in [1.807, 2.05) is 24.3 Å². The van der Waals surface area contributed by atoms with Crippen LogP contribution in [0, 0.1) is 6.92 Å². The highest BCUT2D eigenvalue weighted by atomic mass is 32.1. The molecule has 0 radical (unpaired) electrons. The average molecular weight is 381 g/mol. The Morgan fingerprint density at radius 1 is 1.07 bits per heavy atom. The molecule has 0 N–H and O–H groups in total. The third-order valence-electron chi connectivity index (χ3n) is 3.86. The Morgan fingerprint density at radius 2 is 1.78 bits per heavy atom. The molecule has 7 heteroatoms. The Kier molecular flexibility index (Phi) is 5.61. The van der Waals surface area contributed by atoms with Crippen LogP contribution in [0.25, 0.3) is 10.7 Å². The summed E-state index contributed by atoms with van der Waals surface area (Å²) >= 11 is 1.20. The molecule has 2 heterocycles. The van der Waals surface area contributed by atoms with Gasteiger partial charge in [0.2, 0.25) is 6.10 Å². The Bertz CT molecular complexity index is 940. The molecule has 0 bridgehead atoms. The van der Waals surface area contributed by atoms with Gasteiger partial charge in [0, 0.05) is 25.9 Å². The van der Waals surface area contributed by atoms with Gasteiger partial charge in [-0.05, 0) is 19.1 Å². The largest absolute Gasteiger partial charge is 0.443 e. The molecule has 1 amide bonds. The fourth-order valence-corrected chi connectivity index (χ4v) is 3.39. The van der Waals surface area contributed by atoms with Crippen LogP contribution in [0.5, 0.6) is 0 Å². The van der Waals surface area contributed by atoms with Crippen molar-refractivity contribution in [2.24, 2.45) is 0 Å². The second kappa shape index (κ2) is 8.09. The molecule has 0 aliphatic rings. The van der Waals surface area contributed by atoms with Crippen LogP contribution < -0.4 is 0 Å². The minimum Gasteiger partial charge on any atom is -0.443 e. The van der Waals surface area contributed by atoms with E-state index >= 15 is 0 Å². The van der Waals surface area contributed by atoms with Gasteiger partial charge in [0.15, 0.2) is 0 Å². The van der Waals surface area contributed by atoms with E-state index in [1.165, 1.54) is 16.2 Å². The van der Waals surface area contributed by atoms with Gasteiger partial charge in [-0.1, -0.05) is 36.4 Å². The van der Waals surface area contributed by atoms with E-state index in [4.69, 9.17) is 4.74 Å². The minimum atomic E-state index is -1.01. The number of hydrogen-bond acceptors (Lipinski definition) is 6. The third-order valence-corrected chi connectivity index (χ3v) is 5.02. The van der Waals surface area contributed by atoms with Gasteiger partial charge in [-0.3, -0.25) is 9.78 Å². The Balaban J connectivity index is 1.88. The molecule has 1 aromatic carbocycles. The number of esters is 1. The summed E-state index contributed by atoms with van der Waals surface area (Å²) in [6.45, 7) is 1.74. The molecule has 2 aromatic heterocycles. The number of carbonyl (C=O) groups excluding carboxylic acids is 2. The number of likely N-dealkylation sites (N-methyl/N-ethyl adjacent to an activating group) is 1. The van der Waals surface area contributed by atoms with Crippen LogP contribution in [0.3, 0.4) is 0 Å². The van der Waals surface area contributed by atoms with E-state index in [2.05, 4.69) is 9.97 Å². The van der Waals surface area contributed by atoms with Gasteiger partial charge in [-0.25, -0.2) is 9.78 Å². The maximum atomic E-state index is 12.8. The van der Waals surface area contributed by atoms with Crippen LogP contribution in [-0.4, -0.2) is 40.8 Å². The number of thiazole rings is 1. The predicted octanol–water partition coefficient (Wildman–Crippen LogP) is 3.50. The van der Waals surface area contributed by atoms with Crippen molar-refractivity contribution in [3.63, 3.8) is 0 Å². The molecule has 0 saturated carbocycles. The summed E-state index contributed by atoms with van der Waals surface area (Å²) in [4.78, 5) is 35.8. The van der Waals surface area contributed by atoms with E-state index in [9.17, 15) is 9.59 Å². The number of nitrogens with zero attached hydrogens (tertiary/aromatic N) is 3. The fourth-order valence-electron chi connectivity index (χ4n) is 2.47. The molecular formula is C20H19N3O3S. The van der Waals surface area contributed by atoms with Crippen LogP contribution >= 0.6 is 11.3 Å². The normalized spacial score (nSPS) is 11.7. The highest BCUT2D eigenvalue weighted by Crippen LogP contribution is 2.29. The average Bonchev–Trinajstić information content (AvgIpc) is 3.08. The van der Waals surface area contributed by atoms with E-state index in [-0.39, 0.29) is 5.91 Å². The zero-order valence-electron chi connectivity index (χ0n) is 15.2. The van der Waals surface area contributed by atoms with Gasteiger partial charge < -0.3 is 9.64 Å². The first-order valence-electron chi connectivity index (χ1n) is 8.33. The van der Waals surface area contributed by atoms with Crippen LogP contribution in [0.15, 0.2) is 54.7 Å². The molecule has 0 saturated heterocycles. The monoisotopic (exact) mass is 381 g/mol. The summed E-state index contributed by atoms with van der Waals surface area (Å²) in [5.74, 6) is -0.877. The second-order valence-electron chi connectivity index (χ2n) is 6.08. The Labute approximate surface area is 161 Å². The number of hydrogen-bond donors (Lipinski definition) is 0. The number of rotatable bonds is 5. The van der Waals surface area contributed by atoms with Gasteiger partial charge >= 0.3 is 5.97 Å². The first-order chi connectivity index (χ1) is 13.0. The third kappa shape index (κ3) is 4.20. The topological polar surface area (TPSA) is 72.4 Å². The van der Waals surface area contributed by atoms with Gasteiger partial charge in [-0.2, -0.15) is 0 Å². The highest BCUT2D eigenvalue weighted by molar-refractivity contribution is 7.17. The standard InChI is InChI=1S/C20H19N3O3S/c1-13-17(27-18(22-13)15-11-7-8-12-21-15)20(25)26-16(19(24)23(2)3)14-9-5-4-6-10-14/h4-12,16H,1-3H3/t16-/m0/s1. The van der Waals surface area contributed by atoms with Crippen molar-refractivity contribution >= 4 is 23.2 Å². The molecule has 0 fully saturated rings. The van der Waals surface area contributed by atoms with E-state index in [1.54, 1.807) is 51.5 Å². The van der Waals surface area contributed by atoms with Crippen molar-refractivity contribution in [2.45, 2.75) is 13.0 Å². The SMILES string of the molecule is Cc1nc(-c2ccccn2)sc1C(=O)O[C@H](C(=O)N(C)C)c1ccccc1. The number of aromatic nitrogens is 2. The van der Waals surface area contributed by atoms with Gasteiger partial charge in [0.05, 0.1) is 11.4 Å². The zero-order valence-corrected chi connectivity index (χ0v) is 16.1. The van der Waals surface area contributed by atoms with Gasteiger partial charge in [0.1, 0.15) is 9.88 Å². The first-order valence-corrected chi connectivity index (χ1v) is 9.15. The van der Waals surface area contributed by atoms with Gasteiger partial charge in [-0.15, -0.1) is 11.3 Å². The number of carbonyl (C=O) groups is 2. The molecule has 0 spiro atoms. The number of benzene rings is 1. The Hall–Kier alpha value is -3.06. The summed E-state index contributed by atoms with van der Waals surface area (Å²) in [5, 5.41) is 0.634. The van der Waals surface area contributed by atoms with Crippen LogP contribution in [0.4, 0.5) is 0 Å². The van der Waals surface area contributed by atoms with E-state index in [0.29, 0.717) is 26.8 Å². The number of pyridine rings is 1. The quantitative estimate of drug-likeness (QED) is 0.633. The summed E-state index contributed by atoms with van der Waals surface area (Å²) in [5.41, 5.74) is 1.86. The molecule has 138 valence electrons. The number of ether oxygens (including phenoxy) is 1. The molecule has 3 rings (SSSR count).